The van der Waals surface area contributed by atoms with Crippen LogP contribution in [0.4, 0.5) is 10.1 Å². The number of carbonyl (C=O) groups is 1. The molecule has 0 aliphatic carbocycles. The van der Waals surface area contributed by atoms with E-state index in [2.05, 4.69) is 0 Å². The SMILES string of the molecule is CC(O)c1ccc(N2CCC(C(N)=O)C2)c(F)c1. The number of amides is 1. The quantitative estimate of drug-likeness (QED) is 0.849. The van der Waals surface area contributed by atoms with E-state index in [1.54, 1.807) is 19.1 Å². The Bertz CT molecular complexity index is 462. The van der Waals surface area contributed by atoms with Crippen molar-refractivity contribution in [3.05, 3.63) is 29.6 Å². The number of nitrogens with zero attached hydrogens (tertiary/aromatic N) is 1. The van der Waals surface area contributed by atoms with E-state index in [1.807, 2.05) is 4.90 Å². The number of hydrogen-bond acceptors (Lipinski definition) is 3. The summed E-state index contributed by atoms with van der Waals surface area (Å²) in [6.07, 6.45) is -0.0297. The van der Waals surface area contributed by atoms with Crippen LogP contribution in [0.25, 0.3) is 0 Å². The van der Waals surface area contributed by atoms with Gasteiger partial charge in [0, 0.05) is 13.1 Å². The van der Waals surface area contributed by atoms with Gasteiger partial charge in [0.1, 0.15) is 5.82 Å². The minimum absolute atomic E-state index is 0.208. The van der Waals surface area contributed by atoms with Gasteiger partial charge in [-0.05, 0) is 31.0 Å². The zero-order valence-electron chi connectivity index (χ0n) is 10.3. The second-order valence-electron chi connectivity index (χ2n) is 4.72. The Morgan fingerprint density at radius 3 is 2.83 bits per heavy atom. The predicted molar refractivity (Wildman–Crippen MR) is 66.5 cm³/mol. The van der Waals surface area contributed by atoms with Gasteiger partial charge in [-0.3, -0.25) is 4.79 Å². The lowest BCUT2D eigenvalue weighted by Crippen LogP contribution is -2.27. The molecule has 1 heterocycles. The maximum absolute atomic E-state index is 13.9. The zero-order valence-corrected chi connectivity index (χ0v) is 10.3. The summed E-state index contributed by atoms with van der Waals surface area (Å²) in [5.74, 6) is -0.919. The van der Waals surface area contributed by atoms with E-state index in [0.29, 0.717) is 30.8 Å². The predicted octanol–water partition coefficient (Wildman–Crippen LogP) is 1.19. The maximum Gasteiger partial charge on any atom is 0.222 e. The van der Waals surface area contributed by atoms with Crippen LogP contribution in [0, 0.1) is 11.7 Å². The highest BCUT2D eigenvalue weighted by Crippen LogP contribution is 2.28. The first-order valence-corrected chi connectivity index (χ1v) is 6.01. The Morgan fingerprint density at radius 1 is 1.61 bits per heavy atom. The zero-order chi connectivity index (χ0) is 13.3. The largest absolute Gasteiger partial charge is 0.389 e. The highest BCUT2D eigenvalue weighted by Gasteiger charge is 2.28. The molecule has 1 aliphatic rings. The molecule has 3 N–H and O–H groups in total. The van der Waals surface area contributed by atoms with Crippen LogP contribution in [-0.4, -0.2) is 24.1 Å². The lowest BCUT2D eigenvalue weighted by atomic mass is 10.1. The van der Waals surface area contributed by atoms with Crippen molar-refractivity contribution in [2.45, 2.75) is 19.4 Å². The number of aliphatic hydroxyl groups is 1. The highest BCUT2D eigenvalue weighted by molar-refractivity contribution is 5.78. The summed E-state index contributed by atoms with van der Waals surface area (Å²) in [5, 5.41) is 9.38. The Hall–Kier alpha value is -1.62. The molecule has 0 spiro atoms. The molecule has 1 aliphatic heterocycles. The molecule has 1 saturated heterocycles. The fraction of sp³-hybridized carbons (Fsp3) is 0.462. The number of benzene rings is 1. The van der Waals surface area contributed by atoms with E-state index in [-0.39, 0.29) is 17.6 Å². The molecule has 1 fully saturated rings. The van der Waals surface area contributed by atoms with Gasteiger partial charge < -0.3 is 15.7 Å². The first-order chi connectivity index (χ1) is 8.49. The third-order valence-electron chi connectivity index (χ3n) is 3.39. The van der Waals surface area contributed by atoms with Crippen molar-refractivity contribution in [2.75, 3.05) is 18.0 Å². The Morgan fingerprint density at radius 2 is 2.33 bits per heavy atom. The molecule has 0 radical (unpaired) electrons. The molecule has 2 unspecified atom stereocenters. The van der Waals surface area contributed by atoms with Crippen LogP contribution in [0.15, 0.2) is 18.2 Å². The second kappa shape index (κ2) is 4.94. The third-order valence-corrected chi connectivity index (χ3v) is 3.39. The van der Waals surface area contributed by atoms with Crippen LogP contribution in [0.1, 0.15) is 25.0 Å². The fourth-order valence-electron chi connectivity index (χ4n) is 2.25. The molecule has 98 valence electrons. The van der Waals surface area contributed by atoms with Gasteiger partial charge in [0.25, 0.3) is 0 Å². The van der Waals surface area contributed by atoms with Crippen LogP contribution in [0.5, 0.6) is 0 Å². The molecule has 5 heteroatoms. The number of carbonyl (C=O) groups excluding carboxylic acids is 1. The third kappa shape index (κ3) is 2.46. The van der Waals surface area contributed by atoms with Crippen LogP contribution < -0.4 is 10.6 Å². The number of primary amides is 1. The number of halogens is 1. The van der Waals surface area contributed by atoms with Crippen molar-refractivity contribution in [3.63, 3.8) is 0 Å². The number of anilines is 1. The van der Waals surface area contributed by atoms with Crippen molar-refractivity contribution in [1.82, 2.24) is 0 Å². The monoisotopic (exact) mass is 252 g/mol. The number of aliphatic hydroxyl groups excluding tert-OH is 1. The van der Waals surface area contributed by atoms with Gasteiger partial charge in [-0.2, -0.15) is 0 Å². The molecule has 4 nitrogen and oxygen atoms in total. The lowest BCUT2D eigenvalue weighted by Gasteiger charge is -2.19. The van der Waals surface area contributed by atoms with Gasteiger partial charge in [-0.1, -0.05) is 6.07 Å². The molecule has 1 aromatic carbocycles. The molecule has 2 atom stereocenters. The molecule has 0 aromatic heterocycles. The number of rotatable bonds is 3. The molecule has 2 rings (SSSR count). The van der Waals surface area contributed by atoms with Crippen molar-refractivity contribution in [2.24, 2.45) is 11.7 Å². The second-order valence-corrected chi connectivity index (χ2v) is 4.72. The topological polar surface area (TPSA) is 66.6 Å². The van der Waals surface area contributed by atoms with Gasteiger partial charge in [-0.15, -0.1) is 0 Å². The summed E-state index contributed by atoms with van der Waals surface area (Å²) >= 11 is 0. The van der Waals surface area contributed by atoms with Crippen LogP contribution in [0.3, 0.4) is 0 Å². The summed E-state index contributed by atoms with van der Waals surface area (Å²) in [4.78, 5) is 12.9. The minimum Gasteiger partial charge on any atom is -0.389 e. The molecule has 0 bridgehead atoms. The van der Waals surface area contributed by atoms with E-state index in [9.17, 15) is 14.3 Å². The highest BCUT2D eigenvalue weighted by atomic mass is 19.1. The van der Waals surface area contributed by atoms with Crippen LogP contribution >= 0.6 is 0 Å². The molecule has 1 aromatic rings. The molecular formula is C13H17FN2O2. The Labute approximate surface area is 105 Å². The maximum atomic E-state index is 13.9. The lowest BCUT2D eigenvalue weighted by molar-refractivity contribution is -0.121. The van der Waals surface area contributed by atoms with Gasteiger partial charge in [0.15, 0.2) is 0 Å². The fourth-order valence-corrected chi connectivity index (χ4v) is 2.25. The van der Waals surface area contributed by atoms with E-state index in [1.165, 1.54) is 6.07 Å². The van der Waals surface area contributed by atoms with Crippen molar-refractivity contribution >= 4 is 11.6 Å². The van der Waals surface area contributed by atoms with E-state index < -0.39 is 6.10 Å². The summed E-state index contributed by atoms with van der Waals surface area (Å²) < 4.78 is 13.9. The smallest absolute Gasteiger partial charge is 0.222 e. The van der Waals surface area contributed by atoms with Crippen LogP contribution in [0.2, 0.25) is 0 Å². The first kappa shape index (κ1) is 12.8. The van der Waals surface area contributed by atoms with E-state index in [4.69, 9.17) is 5.73 Å². The van der Waals surface area contributed by atoms with Crippen molar-refractivity contribution < 1.29 is 14.3 Å². The molecule has 1 amide bonds. The molecule has 18 heavy (non-hydrogen) atoms. The Kier molecular flexibility index (Phi) is 3.52. The summed E-state index contributed by atoms with van der Waals surface area (Å²) in [6, 6.07) is 4.67. The summed E-state index contributed by atoms with van der Waals surface area (Å²) in [5.41, 5.74) is 6.25. The van der Waals surface area contributed by atoms with Crippen molar-refractivity contribution in [3.8, 4) is 0 Å². The van der Waals surface area contributed by atoms with E-state index >= 15 is 0 Å². The van der Waals surface area contributed by atoms with Gasteiger partial charge in [-0.25, -0.2) is 4.39 Å². The van der Waals surface area contributed by atoms with Gasteiger partial charge >= 0.3 is 0 Å². The molecular weight excluding hydrogens is 235 g/mol. The average Bonchev–Trinajstić information content (AvgIpc) is 2.78. The average molecular weight is 252 g/mol. The molecule has 0 saturated carbocycles. The number of nitrogens with two attached hydrogens (primary N) is 1. The first-order valence-electron chi connectivity index (χ1n) is 6.01. The standard InChI is InChI=1S/C13H17FN2O2/c1-8(17)9-2-3-12(11(14)6-9)16-5-4-10(7-16)13(15)18/h2-3,6,8,10,17H,4-5,7H2,1H3,(H2,15,18). The minimum atomic E-state index is -0.689. The van der Waals surface area contributed by atoms with E-state index in [0.717, 1.165) is 0 Å². The Balaban J connectivity index is 2.17. The van der Waals surface area contributed by atoms with Gasteiger partial charge in [0.2, 0.25) is 5.91 Å². The van der Waals surface area contributed by atoms with Gasteiger partial charge in [0.05, 0.1) is 17.7 Å². The van der Waals surface area contributed by atoms with Crippen LogP contribution in [-0.2, 0) is 4.79 Å². The number of hydrogen-bond donors (Lipinski definition) is 2. The summed E-state index contributed by atoms with van der Waals surface area (Å²) in [7, 11) is 0. The summed E-state index contributed by atoms with van der Waals surface area (Å²) in [6.45, 7) is 2.67. The van der Waals surface area contributed by atoms with Crippen molar-refractivity contribution in [1.29, 1.82) is 0 Å². The normalized spacial score (nSPS) is 21.1.